The van der Waals surface area contributed by atoms with Crippen molar-refractivity contribution in [3.05, 3.63) is 24.3 Å². The highest BCUT2D eigenvalue weighted by atomic mass is 16.2. The summed E-state index contributed by atoms with van der Waals surface area (Å²) in [6, 6.07) is 8.48. The van der Waals surface area contributed by atoms with Crippen molar-refractivity contribution in [3.8, 4) is 0 Å². The minimum Gasteiger partial charge on any atom is -0.372 e. The van der Waals surface area contributed by atoms with Crippen molar-refractivity contribution in [1.29, 1.82) is 0 Å². The zero-order valence-electron chi connectivity index (χ0n) is 16.3. The van der Waals surface area contributed by atoms with E-state index < -0.39 is 0 Å². The van der Waals surface area contributed by atoms with E-state index in [1.807, 2.05) is 0 Å². The molecule has 0 aromatic heterocycles. The summed E-state index contributed by atoms with van der Waals surface area (Å²) in [7, 11) is 4.32. The molecule has 2 aliphatic carbocycles. The maximum atomic E-state index is 12.5. The average molecular weight is 356 g/mol. The molecule has 1 amide bonds. The topological polar surface area (TPSA) is 35.6 Å². The summed E-state index contributed by atoms with van der Waals surface area (Å²) in [4.78, 5) is 17.3. The number of amides is 1. The van der Waals surface area contributed by atoms with Gasteiger partial charge in [0.25, 0.3) is 0 Å². The molecule has 26 heavy (non-hydrogen) atoms. The van der Waals surface area contributed by atoms with Gasteiger partial charge in [-0.05, 0) is 81.8 Å². The van der Waals surface area contributed by atoms with Crippen molar-refractivity contribution in [2.24, 2.45) is 17.3 Å². The Morgan fingerprint density at radius 2 is 1.81 bits per heavy atom. The molecular weight excluding hydrogens is 322 g/mol. The van der Waals surface area contributed by atoms with Crippen molar-refractivity contribution in [1.82, 2.24) is 4.90 Å². The molecule has 3 fully saturated rings. The fraction of sp³-hybridized carbons (Fsp3) is 0.682. The van der Waals surface area contributed by atoms with Crippen molar-refractivity contribution in [3.63, 3.8) is 0 Å². The second kappa shape index (κ2) is 7.22. The molecular formula is C22H33N3O. The fourth-order valence-corrected chi connectivity index (χ4v) is 5.23. The Hall–Kier alpha value is -1.55. The van der Waals surface area contributed by atoms with Gasteiger partial charge in [0.2, 0.25) is 5.91 Å². The van der Waals surface area contributed by atoms with Crippen LogP contribution in [0.1, 0.15) is 44.9 Å². The molecule has 1 aromatic rings. The second-order valence-electron chi connectivity index (χ2n) is 9.05. The summed E-state index contributed by atoms with van der Waals surface area (Å²) < 4.78 is 0. The molecule has 2 saturated carbocycles. The van der Waals surface area contributed by atoms with E-state index in [4.69, 9.17) is 0 Å². The largest absolute Gasteiger partial charge is 0.372 e. The Balaban J connectivity index is 1.28. The van der Waals surface area contributed by atoms with E-state index in [1.165, 1.54) is 50.8 Å². The maximum absolute atomic E-state index is 12.5. The molecule has 1 atom stereocenters. The van der Waals surface area contributed by atoms with Gasteiger partial charge in [0.15, 0.2) is 0 Å². The van der Waals surface area contributed by atoms with Crippen LogP contribution in [-0.4, -0.2) is 44.5 Å². The normalized spacial score (nSPS) is 25.0. The standard InChI is InChI=1S/C22H33N3O/c1-24(2)16-17-9-13-25(14-10-17)19-7-5-18(6-8-19)23-21(26)20-15-22(20)11-3-4-12-22/h5-8,17,20H,3-4,9-16H2,1-2H3,(H,23,26)/t20-/m0/s1. The van der Waals surface area contributed by atoms with E-state index in [0.717, 1.165) is 31.1 Å². The number of benzene rings is 1. The Bertz CT molecular complexity index is 625. The smallest absolute Gasteiger partial charge is 0.228 e. The van der Waals surface area contributed by atoms with Crippen molar-refractivity contribution in [2.45, 2.75) is 44.9 Å². The van der Waals surface area contributed by atoms with Crippen LogP contribution in [0.25, 0.3) is 0 Å². The van der Waals surface area contributed by atoms with Gasteiger partial charge >= 0.3 is 0 Å². The van der Waals surface area contributed by atoms with Gasteiger partial charge in [-0.3, -0.25) is 4.79 Å². The quantitative estimate of drug-likeness (QED) is 0.868. The number of carbonyl (C=O) groups excluding carboxylic acids is 1. The molecule has 4 nitrogen and oxygen atoms in total. The molecule has 4 rings (SSSR count). The van der Waals surface area contributed by atoms with E-state index in [0.29, 0.717) is 5.41 Å². The number of hydrogen-bond acceptors (Lipinski definition) is 3. The van der Waals surface area contributed by atoms with E-state index in [9.17, 15) is 4.79 Å². The predicted molar refractivity (Wildman–Crippen MR) is 108 cm³/mol. The highest BCUT2D eigenvalue weighted by molar-refractivity contribution is 5.95. The molecule has 1 spiro atoms. The van der Waals surface area contributed by atoms with Crippen LogP contribution in [0.5, 0.6) is 0 Å². The first-order valence-electron chi connectivity index (χ1n) is 10.4. The summed E-state index contributed by atoms with van der Waals surface area (Å²) in [5.41, 5.74) is 2.60. The highest BCUT2D eigenvalue weighted by Gasteiger charge is 2.58. The van der Waals surface area contributed by atoms with Gasteiger partial charge in [0, 0.05) is 36.9 Å². The second-order valence-corrected chi connectivity index (χ2v) is 9.05. The molecule has 1 aromatic carbocycles. The molecule has 0 unspecified atom stereocenters. The summed E-state index contributed by atoms with van der Waals surface area (Å²) >= 11 is 0. The maximum Gasteiger partial charge on any atom is 0.228 e. The molecule has 4 heteroatoms. The number of anilines is 2. The molecule has 1 saturated heterocycles. The van der Waals surface area contributed by atoms with Gasteiger partial charge in [-0.2, -0.15) is 0 Å². The first kappa shape index (κ1) is 17.8. The molecule has 1 heterocycles. The van der Waals surface area contributed by atoms with Gasteiger partial charge < -0.3 is 15.1 Å². The summed E-state index contributed by atoms with van der Waals surface area (Å²) in [6.45, 7) is 3.46. The summed E-state index contributed by atoms with van der Waals surface area (Å²) in [5.74, 6) is 1.32. The molecule has 0 radical (unpaired) electrons. The Labute approximate surface area is 157 Å². The van der Waals surface area contributed by atoms with Crippen LogP contribution in [0, 0.1) is 17.3 Å². The lowest BCUT2D eigenvalue weighted by Gasteiger charge is -2.34. The van der Waals surface area contributed by atoms with Crippen LogP contribution >= 0.6 is 0 Å². The number of rotatable bonds is 5. The van der Waals surface area contributed by atoms with Crippen molar-refractivity contribution >= 4 is 17.3 Å². The zero-order valence-corrected chi connectivity index (χ0v) is 16.3. The van der Waals surface area contributed by atoms with Gasteiger partial charge in [-0.15, -0.1) is 0 Å². The Morgan fingerprint density at radius 1 is 1.15 bits per heavy atom. The van der Waals surface area contributed by atoms with E-state index >= 15 is 0 Å². The van der Waals surface area contributed by atoms with Crippen molar-refractivity contribution < 1.29 is 4.79 Å². The number of nitrogens with one attached hydrogen (secondary N) is 1. The zero-order chi connectivity index (χ0) is 18.1. The molecule has 1 N–H and O–H groups in total. The lowest BCUT2D eigenvalue weighted by Crippen LogP contribution is -2.37. The van der Waals surface area contributed by atoms with Crippen LogP contribution in [0.15, 0.2) is 24.3 Å². The molecule has 3 aliphatic rings. The van der Waals surface area contributed by atoms with Crippen LogP contribution in [0.3, 0.4) is 0 Å². The summed E-state index contributed by atoms with van der Waals surface area (Å²) in [5, 5.41) is 3.15. The van der Waals surface area contributed by atoms with E-state index in [2.05, 4.69) is 53.5 Å². The van der Waals surface area contributed by atoms with E-state index in [1.54, 1.807) is 0 Å². The fourth-order valence-electron chi connectivity index (χ4n) is 5.23. The summed E-state index contributed by atoms with van der Waals surface area (Å²) in [6.07, 6.45) is 8.77. The SMILES string of the molecule is CN(C)CC1CCN(c2ccc(NC(=O)[C@@H]3CC34CCCC4)cc2)CC1. The van der Waals surface area contributed by atoms with Gasteiger partial charge in [0.05, 0.1) is 0 Å². The highest BCUT2D eigenvalue weighted by Crippen LogP contribution is 2.63. The minimum absolute atomic E-state index is 0.240. The third-order valence-electron chi connectivity index (χ3n) is 6.84. The number of hydrogen-bond donors (Lipinski definition) is 1. The van der Waals surface area contributed by atoms with Crippen molar-refractivity contribution in [2.75, 3.05) is 43.9 Å². The average Bonchev–Trinajstić information content (AvgIpc) is 3.13. The van der Waals surface area contributed by atoms with Gasteiger partial charge in [0.1, 0.15) is 0 Å². The third kappa shape index (κ3) is 3.75. The van der Waals surface area contributed by atoms with Gasteiger partial charge in [-0.25, -0.2) is 0 Å². The minimum atomic E-state index is 0.240. The third-order valence-corrected chi connectivity index (χ3v) is 6.84. The van der Waals surface area contributed by atoms with Crippen LogP contribution in [0.4, 0.5) is 11.4 Å². The Kier molecular flexibility index (Phi) is 4.96. The molecule has 142 valence electrons. The first-order chi connectivity index (χ1) is 12.6. The van der Waals surface area contributed by atoms with Crippen LogP contribution < -0.4 is 10.2 Å². The number of piperidine rings is 1. The molecule has 1 aliphatic heterocycles. The van der Waals surface area contributed by atoms with Crippen LogP contribution in [0.2, 0.25) is 0 Å². The Morgan fingerprint density at radius 3 is 2.42 bits per heavy atom. The number of carbonyl (C=O) groups is 1. The van der Waals surface area contributed by atoms with Gasteiger partial charge in [-0.1, -0.05) is 12.8 Å². The lowest BCUT2D eigenvalue weighted by atomic mass is 9.96. The monoisotopic (exact) mass is 355 g/mol. The molecule has 0 bridgehead atoms. The lowest BCUT2D eigenvalue weighted by molar-refractivity contribution is -0.118. The van der Waals surface area contributed by atoms with Crippen LogP contribution in [-0.2, 0) is 4.79 Å². The van der Waals surface area contributed by atoms with E-state index in [-0.39, 0.29) is 11.8 Å². The predicted octanol–water partition coefficient (Wildman–Crippen LogP) is 3.98. The number of nitrogens with zero attached hydrogens (tertiary/aromatic N) is 2. The first-order valence-corrected chi connectivity index (χ1v) is 10.4.